The second-order valence-corrected chi connectivity index (χ2v) is 5.61. The van der Waals surface area contributed by atoms with Crippen molar-refractivity contribution in [2.75, 3.05) is 5.32 Å². The average Bonchev–Trinajstić information content (AvgIpc) is 2.39. The van der Waals surface area contributed by atoms with Crippen LogP contribution in [0.5, 0.6) is 5.75 Å². The van der Waals surface area contributed by atoms with Crippen LogP contribution in [0.3, 0.4) is 0 Å². The summed E-state index contributed by atoms with van der Waals surface area (Å²) in [5, 5.41) is 12.5. The Hall–Kier alpha value is -1.82. The molecule has 2 rings (SSSR count). The highest BCUT2D eigenvalue weighted by Gasteiger charge is 2.30. The summed E-state index contributed by atoms with van der Waals surface area (Å²) >= 11 is -0.144. The topological polar surface area (TPSA) is 32.3 Å². The molecule has 0 spiro atoms. The van der Waals surface area contributed by atoms with Gasteiger partial charge in [-0.05, 0) is 48.5 Å². The van der Waals surface area contributed by atoms with E-state index in [2.05, 4.69) is 5.32 Å². The molecule has 0 fully saturated rings. The first-order chi connectivity index (χ1) is 9.85. The Kier molecular flexibility index (Phi) is 4.67. The van der Waals surface area contributed by atoms with Gasteiger partial charge in [0.15, 0.2) is 0 Å². The molecule has 0 saturated carbocycles. The highest BCUT2D eigenvalue weighted by atomic mass is 32.2. The molecule has 0 aliphatic rings. The summed E-state index contributed by atoms with van der Waals surface area (Å²) in [4.78, 5) is 0.122. The second kappa shape index (κ2) is 6.30. The molecule has 0 aromatic heterocycles. The molecule has 21 heavy (non-hydrogen) atoms. The predicted molar refractivity (Wildman–Crippen MR) is 78.5 cm³/mol. The number of hydrogen-bond acceptors (Lipinski definition) is 3. The Morgan fingerprint density at radius 2 is 1.81 bits per heavy atom. The first-order valence-corrected chi connectivity index (χ1v) is 7.07. The third-order valence-corrected chi connectivity index (χ3v) is 3.66. The van der Waals surface area contributed by atoms with Gasteiger partial charge in [0.1, 0.15) is 5.75 Å². The molecule has 6 heteroatoms. The fourth-order valence-electron chi connectivity index (χ4n) is 1.91. The zero-order chi connectivity index (χ0) is 15.5. The number of nitrogens with one attached hydrogen (secondary N) is 1. The number of alkyl halides is 3. The Labute approximate surface area is 125 Å². The van der Waals surface area contributed by atoms with Gasteiger partial charge in [-0.25, -0.2) is 0 Å². The molecule has 0 aliphatic carbocycles. The molecule has 2 aromatic carbocycles. The number of phenols is 1. The van der Waals surface area contributed by atoms with Gasteiger partial charge < -0.3 is 10.4 Å². The summed E-state index contributed by atoms with van der Waals surface area (Å²) in [5.41, 5.74) is -3.12. The highest BCUT2D eigenvalue weighted by Crippen LogP contribution is 2.41. The number of anilines is 1. The molecule has 1 unspecified atom stereocenters. The summed E-state index contributed by atoms with van der Waals surface area (Å²) in [5.74, 6) is 0.124. The maximum Gasteiger partial charge on any atom is 0.446 e. The van der Waals surface area contributed by atoms with E-state index in [1.54, 1.807) is 42.5 Å². The van der Waals surface area contributed by atoms with Gasteiger partial charge in [0.05, 0.1) is 0 Å². The molecule has 2 N–H and O–H groups in total. The van der Waals surface area contributed by atoms with Crippen LogP contribution in [0.2, 0.25) is 0 Å². The standard InChI is InChI=1S/C15H14F3NOS/c1-10(11-5-4-6-12(20)9-11)19-13-7-2-3-8-14(13)21-15(16,17)18/h2-10,19-20H,1H3. The number of aromatic hydroxyl groups is 1. The number of rotatable bonds is 4. The maximum absolute atomic E-state index is 12.5. The predicted octanol–water partition coefficient (Wildman–Crippen LogP) is 5.18. The minimum atomic E-state index is -4.33. The van der Waals surface area contributed by atoms with E-state index < -0.39 is 5.51 Å². The molecule has 0 saturated heterocycles. The van der Waals surface area contributed by atoms with E-state index in [9.17, 15) is 18.3 Å². The first kappa shape index (κ1) is 15.6. The van der Waals surface area contributed by atoms with E-state index in [-0.39, 0.29) is 28.4 Å². The van der Waals surface area contributed by atoms with Crippen LogP contribution in [0.1, 0.15) is 18.5 Å². The summed E-state index contributed by atoms with van der Waals surface area (Å²) in [6.07, 6.45) is 0. The Morgan fingerprint density at radius 3 is 2.48 bits per heavy atom. The lowest BCUT2D eigenvalue weighted by Crippen LogP contribution is -2.08. The van der Waals surface area contributed by atoms with Crippen molar-refractivity contribution < 1.29 is 18.3 Å². The summed E-state index contributed by atoms with van der Waals surface area (Å²) < 4.78 is 37.6. The van der Waals surface area contributed by atoms with E-state index in [1.165, 1.54) is 6.07 Å². The third kappa shape index (κ3) is 4.60. The molecule has 2 nitrogen and oxygen atoms in total. The minimum Gasteiger partial charge on any atom is -0.508 e. The van der Waals surface area contributed by atoms with E-state index in [0.29, 0.717) is 5.69 Å². The quantitative estimate of drug-likeness (QED) is 0.763. The van der Waals surface area contributed by atoms with Crippen LogP contribution < -0.4 is 5.32 Å². The zero-order valence-corrected chi connectivity index (χ0v) is 12.0. The largest absolute Gasteiger partial charge is 0.508 e. The van der Waals surface area contributed by atoms with E-state index in [4.69, 9.17) is 0 Å². The van der Waals surface area contributed by atoms with Gasteiger partial charge in [0.25, 0.3) is 0 Å². The van der Waals surface area contributed by atoms with Crippen molar-refractivity contribution in [3.05, 3.63) is 54.1 Å². The van der Waals surface area contributed by atoms with Gasteiger partial charge in [-0.2, -0.15) is 13.2 Å². The van der Waals surface area contributed by atoms with E-state index >= 15 is 0 Å². The van der Waals surface area contributed by atoms with Gasteiger partial charge >= 0.3 is 5.51 Å². The lowest BCUT2D eigenvalue weighted by Gasteiger charge is -2.19. The van der Waals surface area contributed by atoms with E-state index in [0.717, 1.165) is 5.56 Å². The van der Waals surface area contributed by atoms with E-state index in [1.807, 2.05) is 6.92 Å². The van der Waals surface area contributed by atoms with Gasteiger partial charge in [0.2, 0.25) is 0 Å². The van der Waals surface area contributed by atoms with Crippen molar-refractivity contribution in [2.24, 2.45) is 0 Å². The smallest absolute Gasteiger partial charge is 0.446 e. The molecular formula is C15H14F3NOS. The highest BCUT2D eigenvalue weighted by molar-refractivity contribution is 8.00. The van der Waals surface area contributed by atoms with Crippen LogP contribution in [0.25, 0.3) is 0 Å². The van der Waals surface area contributed by atoms with Crippen LogP contribution >= 0.6 is 11.8 Å². The van der Waals surface area contributed by atoms with Crippen LogP contribution in [-0.2, 0) is 0 Å². The zero-order valence-electron chi connectivity index (χ0n) is 11.2. The number of para-hydroxylation sites is 1. The van der Waals surface area contributed by atoms with Crippen molar-refractivity contribution in [2.45, 2.75) is 23.4 Å². The molecule has 2 aromatic rings. The molecule has 0 bridgehead atoms. The van der Waals surface area contributed by atoms with Gasteiger partial charge in [-0.3, -0.25) is 0 Å². The second-order valence-electron chi connectivity index (χ2n) is 4.50. The van der Waals surface area contributed by atoms with Crippen molar-refractivity contribution >= 4 is 17.4 Å². The molecule has 0 amide bonds. The summed E-state index contributed by atoms with van der Waals surface area (Å²) in [6, 6.07) is 12.7. The fourth-order valence-corrected chi connectivity index (χ4v) is 2.54. The minimum absolute atomic E-state index is 0.122. The number of thioether (sulfide) groups is 1. The number of phenolic OH excluding ortho intramolecular Hbond substituents is 1. The van der Waals surface area contributed by atoms with Crippen molar-refractivity contribution in [3.63, 3.8) is 0 Å². The Balaban J connectivity index is 2.19. The molecular weight excluding hydrogens is 299 g/mol. The van der Waals surface area contributed by atoms with Gasteiger partial charge in [-0.1, -0.05) is 24.3 Å². The van der Waals surface area contributed by atoms with Crippen LogP contribution in [-0.4, -0.2) is 10.6 Å². The Morgan fingerprint density at radius 1 is 1.10 bits per heavy atom. The lowest BCUT2D eigenvalue weighted by molar-refractivity contribution is -0.0327. The SMILES string of the molecule is CC(Nc1ccccc1SC(F)(F)F)c1cccc(O)c1. The van der Waals surface area contributed by atoms with Gasteiger partial charge in [-0.15, -0.1) is 0 Å². The molecule has 112 valence electrons. The maximum atomic E-state index is 12.5. The molecule has 0 aliphatic heterocycles. The first-order valence-electron chi connectivity index (χ1n) is 6.25. The summed E-state index contributed by atoms with van der Waals surface area (Å²) in [6.45, 7) is 1.82. The summed E-state index contributed by atoms with van der Waals surface area (Å²) in [7, 11) is 0. The number of halogens is 3. The third-order valence-electron chi connectivity index (χ3n) is 2.85. The van der Waals surface area contributed by atoms with Crippen molar-refractivity contribution in [1.82, 2.24) is 0 Å². The normalized spacial score (nSPS) is 13.0. The van der Waals surface area contributed by atoms with Crippen molar-refractivity contribution in [3.8, 4) is 5.75 Å². The number of benzene rings is 2. The molecule has 1 atom stereocenters. The van der Waals surface area contributed by atoms with Crippen molar-refractivity contribution in [1.29, 1.82) is 0 Å². The molecule has 0 heterocycles. The monoisotopic (exact) mass is 313 g/mol. The van der Waals surface area contributed by atoms with Crippen LogP contribution in [0.4, 0.5) is 18.9 Å². The Bertz CT molecular complexity index is 616. The number of hydrogen-bond donors (Lipinski definition) is 2. The van der Waals surface area contributed by atoms with Crippen LogP contribution in [0.15, 0.2) is 53.4 Å². The lowest BCUT2D eigenvalue weighted by atomic mass is 10.1. The molecule has 0 radical (unpaired) electrons. The van der Waals surface area contributed by atoms with Gasteiger partial charge in [0, 0.05) is 16.6 Å². The van der Waals surface area contributed by atoms with Crippen LogP contribution in [0, 0.1) is 0 Å². The average molecular weight is 313 g/mol. The fraction of sp³-hybridized carbons (Fsp3) is 0.200.